The molecule has 1 fully saturated rings. The van der Waals surface area contributed by atoms with Crippen molar-refractivity contribution >= 4 is 0 Å². The van der Waals surface area contributed by atoms with Crippen LogP contribution in [-0.4, -0.2) is 0 Å². The van der Waals surface area contributed by atoms with Crippen LogP contribution in [0.2, 0.25) is 0 Å². The lowest BCUT2D eigenvalue weighted by Crippen LogP contribution is -2.05. The van der Waals surface area contributed by atoms with E-state index in [1.807, 2.05) is 0 Å². The number of hydrogen-bond acceptors (Lipinski definition) is 1. The molecular weight excluding hydrogens is 158 g/mol. The van der Waals surface area contributed by atoms with Gasteiger partial charge in [-0.15, -0.1) is 0 Å². The van der Waals surface area contributed by atoms with Crippen LogP contribution in [0.5, 0.6) is 0 Å². The average Bonchev–Trinajstić information content (AvgIpc) is 2.53. The molecule has 0 N–H and O–H groups in total. The van der Waals surface area contributed by atoms with Gasteiger partial charge in [-0.1, -0.05) is 31.9 Å². The van der Waals surface area contributed by atoms with E-state index >= 15 is 0 Å². The molecule has 0 saturated heterocycles. The first kappa shape index (κ1) is 10.3. The monoisotopic (exact) mass is 177 g/mol. The molecule has 72 valence electrons. The van der Waals surface area contributed by atoms with Gasteiger partial charge >= 0.3 is 0 Å². The van der Waals surface area contributed by atoms with Gasteiger partial charge in [-0.2, -0.15) is 5.26 Å². The molecule has 0 aromatic rings. The van der Waals surface area contributed by atoms with Crippen molar-refractivity contribution in [3.8, 4) is 6.07 Å². The molecule has 1 aliphatic rings. The Hall–Kier alpha value is -0.770. The van der Waals surface area contributed by atoms with Crippen molar-refractivity contribution in [2.24, 2.45) is 5.41 Å². The van der Waals surface area contributed by atoms with Crippen LogP contribution in [0.4, 0.5) is 0 Å². The van der Waals surface area contributed by atoms with E-state index in [2.05, 4.69) is 25.1 Å². The van der Waals surface area contributed by atoms with Crippen LogP contribution in [0.3, 0.4) is 0 Å². The molecule has 0 aliphatic heterocycles. The van der Waals surface area contributed by atoms with Gasteiger partial charge in [0.05, 0.1) is 6.07 Å². The summed E-state index contributed by atoms with van der Waals surface area (Å²) < 4.78 is 0. The Kier molecular flexibility index (Phi) is 4.02. The third-order valence-corrected chi connectivity index (χ3v) is 2.93. The number of allylic oxidation sites excluding steroid dienone is 2. The predicted octanol–water partition coefficient (Wildman–Crippen LogP) is 3.82. The number of rotatable bonds is 4. The molecular formula is C12H19N. The van der Waals surface area contributed by atoms with Gasteiger partial charge in [0.2, 0.25) is 0 Å². The average molecular weight is 177 g/mol. The third-order valence-electron chi connectivity index (χ3n) is 2.93. The summed E-state index contributed by atoms with van der Waals surface area (Å²) in [6.07, 6.45) is 12.9. The normalized spacial score (nSPS) is 20.6. The van der Waals surface area contributed by atoms with Crippen molar-refractivity contribution < 1.29 is 0 Å². The van der Waals surface area contributed by atoms with Gasteiger partial charge in [0.15, 0.2) is 0 Å². The smallest absolute Gasteiger partial charge is 0.0621 e. The lowest BCUT2D eigenvalue weighted by atomic mass is 9.88. The SMILES string of the molecule is CC1(/C=C\CCCC#N)CCCC1. The van der Waals surface area contributed by atoms with Crippen LogP contribution in [0.25, 0.3) is 0 Å². The standard InChI is InChI=1S/C12H19N/c1-12(9-5-6-10-12)8-4-2-3-7-11-13/h4,8H,2-3,5-7,9-10H2,1H3/b8-4-. The lowest BCUT2D eigenvalue weighted by Gasteiger charge is -2.17. The molecule has 0 aromatic carbocycles. The van der Waals surface area contributed by atoms with E-state index in [0.717, 1.165) is 12.8 Å². The third kappa shape index (κ3) is 3.63. The Morgan fingerprint density at radius 2 is 2.08 bits per heavy atom. The van der Waals surface area contributed by atoms with Crippen molar-refractivity contribution in [3.05, 3.63) is 12.2 Å². The van der Waals surface area contributed by atoms with Crippen molar-refractivity contribution in [1.29, 1.82) is 5.26 Å². The van der Waals surface area contributed by atoms with Gasteiger partial charge in [-0.25, -0.2) is 0 Å². The Labute approximate surface area is 81.5 Å². The first-order valence-electron chi connectivity index (χ1n) is 5.31. The van der Waals surface area contributed by atoms with Gasteiger partial charge in [0.25, 0.3) is 0 Å². The van der Waals surface area contributed by atoms with Gasteiger partial charge < -0.3 is 0 Å². The van der Waals surface area contributed by atoms with Crippen LogP contribution in [0, 0.1) is 16.7 Å². The predicted molar refractivity (Wildman–Crippen MR) is 55.2 cm³/mol. The fourth-order valence-electron chi connectivity index (χ4n) is 2.02. The molecule has 0 atom stereocenters. The fraction of sp³-hybridized carbons (Fsp3) is 0.750. The molecule has 13 heavy (non-hydrogen) atoms. The van der Waals surface area contributed by atoms with Crippen molar-refractivity contribution in [3.63, 3.8) is 0 Å². The zero-order chi connectivity index (χ0) is 9.57. The molecule has 1 saturated carbocycles. The van der Waals surface area contributed by atoms with E-state index in [1.165, 1.54) is 25.7 Å². The molecule has 0 heterocycles. The van der Waals surface area contributed by atoms with E-state index in [4.69, 9.17) is 5.26 Å². The van der Waals surface area contributed by atoms with Crippen LogP contribution in [0.15, 0.2) is 12.2 Å². The Morgan fingerprint density at radius 1 is 1.38 bits per heavy atom. The largest absolute Gasteiger partial charge is 0.198 e. The molecule has 0 amide bonds. The van der Waals surface area contributed by atoms with Gasteiger partial charge in [-0.05, 0) is 31.1 Å². The van der Waals surface area contributed by atoms with Crippen molar-refractivity contribution in [1.82, 2.24) is 0 Å². The summed E-state index contributed by atoms with van der Waals surface area (Å²) in [6, 6.07) is 2.17. The highest BCUT2D eigenvalue weighted by Gasteiger charge is 2.24. The molecule has 0 unspecified atom stereocenters. The Morgan fingerprint density at radius 3 is 2.69 bits per heavy atom. The summed E-state index contributed by atoms with van der Waals surface area (Å²) in [6.45, 7) is 2.35. The summed E-state index contributed by atoms with van der Waals surface area (Å²) in [4.78, 5) is 0. The highest BCUT2D eigenvalue weighted by atomic mass is 14.3. The zero-order valence-corrected chi connectivity index (χ0v) is 8.55. The minimum Gasteiger partial charge on any atom is -0.198 e. The molecule has 1 rings (SSSR count). The van der Waals surface area contributed by atoms with Crippen LogP contribution in [-0.2, 0) is 0 Å². The van der Waals surface area contributed by atoms with Crippen LogP contribution >= 0.6 is 0 Å². The second-order valence-corrected chi connectivity index (χ2v) is 4.31. The highest BCUT2D eigenvalue weighted by Crippen LogP contribution is 2.38. The molecule has 0 spiro atoms. The maximum absolute atomic E-state index is 8.35. The summed E-state index contributed by atoms with van der Waals surface area (Å²) in [5, 5.41) is 8.35. The summed E-state index contributed by atoms with van der Waals surface area (Å²) in [5.74, 6) is 0. The van der Waals surface area contributed by atoms with Crippen molar-refractivity contribution in [2.45, 2.75) is 51.9 Å². The molecule has 1 aliphatic carbocycles. The number of hydrogen-bond donors (Lipinski definition) is 0. The second kappa shape index (κ2) is 5.07. The first-order chi connectivity index (χ1) is 6.27. The minimum absolute atomic E-state index is 0.479. The Bertz CT molecular complexity index is 204. The highest BCUT2D eigenvalue weighted by molar-refractivity contribution is 4.99. The van der Waals surface area contributed by atoms with Crippen LogP contribution < -0.4 is 0 Å². The lowest BCUT2D eigenvalue weighted by molar-refractivity contribution is 0.445. The second-order valence-electron chi connectivity index (χ2n) is 4.31. The first-order valence-corrected chi connectivity index (χ1v) is 5.31. The maximum Gasteiger partial charge on any atom is 0.0621 e. The summed E-state index contributed by atoms with van der Waals surface area (Å²) in [5.41, 5.74) is 0.479. The van der Waals surface area contributed by atoms with Crippen LogP contribution in [0.1, 0.15) is 51.9 Å². The minimum atomic E-state index is 0.479. The van der Waals surface area contributed by atoms with Gasteiger partial charge in [0, 0.05) is 6.42 Å². The summed E-state index contributed by atoms with van der Waals surface area (Å²) in [7, 11) is 0. The number of unbranched alkanes of at least 4 members (excludes halogenated alkanes) is 2. The summed E-state index contributed by atoms with van der Waals surface area (Å²) >= 11 is 0. The topological polar surface area (TPSA) is 23.8 Å². The number of nitrogens with zero attached hydrogens (tertiary/aromatic N) is 1. The van der Waals surface area contributed by atoms with E-state index in [9.17, 15) is 0 Å². The number of nitriles is 1. The van der Waals surface area contributed by atoms with E-state index in [-0.39, 0.29) is 0 Å². The molecule has 1 nitrogen and oxygen atoms in total. The van der Waals surface area contributed by atoms with E-state index in [1.54, 1.807) is 0 Å². The van der Waals surface area contributed by atoms with Gasteiger partial charge in [0.1, 0.15) is 0 Å². The maximum atomic E-state index is 8.35. The molecule has 0 bridgehead atoms. The molecule has 0 radical (unpaired) electrons. The van der Waals surface area contributed by atoms with E-state index < -0.39 is 0 Å². The fourth-order valence-corrected chi connectivity index (χ4v) is 2.02. The zero-order valence-electron chi connectivity index (χ0n) is 8.55. The van der Waals surface area contributed by atoms with Crippen molar-refractivity contribution in [2.75, 3.05) is 0 Å². The quantitative estimate of drug-likeness (QED) is 0.473. The molecule has 1 heteroatoms. The molecule has 0 aromatic heterocycles. The van der Waals surface area contributed by atoms with E-state index in [0.29, 0.717) is 11.8 Å². The Balaban J connectivity index is 2.19. The van der Waals surface area contributed by atoms with Gasteiger partial charge in [-0.3, -0.25) is 0 Å².